The van der Waals surface area contributed by atoms with Crippen LogP contribution in [0.5, 0.6) is 0 Å². The molecule has 1 aromatic rings. The molecule has 1 aromatic carbocycles. The van der Waals surface area contributed by atoms with Crippen molar-refractivity contribution in [3.05, 3.63) is 28.8 Å². The van der Waals surface area contributed by atoms with Crippen molar-refractivity contribution in [1.82, 2.24) is 5.32 Å². The Bertz CT molecular complexity index is 405. The molecule has 1 aliphatic heterocycles. The van der Waals surface area contributed by atoms with Crippen molar-refractivity contribution in [2.45, 2.75) is 18.9 Å². The molecule has 1 atom stereocenters. The highest BCUT2D eigenvalue weighted by molar-refractivity contribution is 6.30. The third kappa shape index (κ3) is 2.66. The summed E-state index contributed by atoms with van der Waals surface area (Å²) in [5.74, 6) is 0. The topological polar surface area (TPSA) is 47.9 Å². The minimum atomic E-state index is 0.516. The van der Waals surface area contributed by atoms with Crippen LogP contribution in [0.2, 0.25) is 5.02 Å². The number of nitrogens with zero attached hydrogens (tertiary/aromatic N) is 1. The van der Waals surface area contributed by atoms with Gasteiger partial charge in [0, 0.05) is 17.6 Å². The first-order chi connectivity index (χ1) is 7.79. The summed E-state index contributed by atoms with van der Waals surface area (Å²) >= 11 is 5.83. The Morgan fingerprint density at radius 3 is 3.12 bits per heavy atom. The number of halogens is 1. The van der Waals surface area contributed by atoms with Gasteiger partial charge in [-0.15, -0.1) is 0 Å². The molecule has 3 nitrogen and oxygen atoms in total. The van der Waals surface area contributed by atoms with Gasteiger partial charge in [0.15, 0.2) is 0 Å². The molecule has 0 amide bonds. The second kappa shape index (κ2) is 5.20. The lowest BCUT2D eigenvalue weighted by atomic mass is 10.1. The Kier molecular flexibility index (Phi) is 3.66. The molecule has 0 aromatic heterocycles. The molecule has 1 unspecified atom stereocenters. The maximum Gasteiger partial charge on any atom is 0.101 e. The maximum atomic E-state index is 8.97. The van der Waals surface area contributed by atoms with Crippen LogP contribution in [-0.4, -0.2) is 19.1 Å². The molecule has 2 N–H and O–H groups in total. The third-order valence-electron chi connectivity index (χ3n) is 2.80. The Hall–Kier alpha value is -1.24. The summed E-state index contributed by atoms with van der Waals surface area (Å²) in [6.07, 6.45) is 2.43. The predicted octanol–water partition coefficient (Wildman–Crippen LogP) is 2.38. The fourth-order valence-corrected chi connectivity index (χ4v) is 2.10. The molecule has 4 heteroatoms. The fraction of sp³-hybridized carbons (Fsp3) is 0.417. The van der Waals surface area contributed by atoms with Gasteiger partial charge in [-0.2, -0.15) is 5.26 Å². The Morgan fingerprint density at radius 1 is 1.56 bits per heavy atom. The lowest BCUT2D eigenvalue weighted by molar-refractivity contribution is 0.633. The third-order valence-corrected chi connectivity index (χ3v) is 3.04. The van der Waals surface area contributed by atoms with E-state index in [0.717, 1.165) is 18.8 Å². The average molecular weight is 236 g/mol. The van der Waals surface area contributed by atoms with E-state index in [-0.39, 0.29) is 0 Å². The van der Waals surface area contributed by atoms with E-state index >= 15 is 0 Å². The highest BCUT2D eigenvalue weighted by atomic mass is 35.5. The minimum absolute atomic E-state index is 0.516. The zero-order valence-electron chi connectivity index (χ0n) is 8.96. The lowest BCUT2D eigenvalue weighted by Crippen LogP contribution is -2.29. The van der Waals surface area contributed by atoms with Gasteiger partial charge in [-0.05, 0) is 37.6 Å². The van der Waals surface area contributed by atoms with E-state index < -0.39 is 0 Å². The average Bonchev–Trinajstić information content (AvgIpc) is 2.80. The van der Waals surface area contributed by atoms with Gasteiger partial charge in [0.25, 0.3) is 0 Å². The van der Waals surface area contributed by atoms with Gasteiger partial charge in [0.2, 0.25) is 0 Å². The van der Waals surface area contributed by atoms with Gasteiger partial charge in [0.1, 0.15) is 6.07 Å². The van der Waals surface area contributed by atoms with E-state index in [1.54, 1.807) is 12.1 Å². The molecule has 1 saturated heterocycles. The van der Waals surface area contributed by atoms with Crippen molar-refractivity contribution in [2.24, 2.45) is 0 Å². The number of nitrogens with one attached hydrogen (secondary N) is 2. The van der Waals surface area contributed by atoms with E-state index in [9.17, 15) is 0 Å². The van der Waals surface area contributed by atoms with Crippen molar-refractivity contribution in [2.75, 3.05) is 18.4 Å². The van der Waals surface area contributed by atoms with Crippen LogP contribution in [0.3, 0.4) is 0 Å². The predicted molar refractivity (Wildman–Crippen MR) is 65.7 cm³/mol. The minimum Gasteiger partial charge on any atom is -0.382 e. The van der Waals surface area contributed by atoms with E-state index in [4.69, 9.17) is 16.9 Å². The number of hydrogen-bond acceptors (Lipinski definition) is 3. The number of nitriles is 1. The van der Waals surface area contributed by atoms with Crippen molar-refractivity contribution in [1.29, 1.82) is 5.26 Å². The molecule has 0 spiro atoms. The summed E-state index contributed by atoms with van der Waals surface area (Å²) in [5.41, 5.74) is 1.46. The van der Waals surface area contributed by atoms with Gasteiger partial charge in [-0.3, -0.25) is 0 Å². The molecule has 0 aliphatic carbocycles. The van der Waals surface area contributed by atoms with E-state index in [2.05, 4.69) is 16.7 Å². The standard InChI is InChI=1S/C12H14ClN3/c13-10-3-4-12(9(6-10)7-14)16-8-11-2-1-5-15-11/h3-4,6,11,15-16H,1-2,5,8H2. The zero-order valence-corrected chi connectivity index (χ0v) is 9.72. The normalized spacial score (nSPS) is 19.4. The van der Waals surface area contributed by atoms with Gasteiger partial charge in [-0.25, -0.2) is 0 Å². The quantitative estimate of drug-likeness (QED) is 0.846. The van der Waals surface area contributed by atoms with Gasteiger partial charge >= 0.3 is 0 Å². The van der Waals surface area contributed by atoms with Crippen LogP contribution in [0, 0.1) is 11.3 Å². The second-order valence-electron chi connectivity index (χ2n) is 3.98. The molecule has 0 saturated carbocycles. The molecular weight excluding hydrogens is 222 g/mol. The van der Waals surface area contributed by atoms with Crippen LogP contribution >= 0.6 is 11.6 Å². The van der Waals surface area contributed by atoms with Crippen LogP contribution in [0.4, 0.5) is 5.69 Å². The van der Waals surface area contributed by atoms with Gasteiger partial charge in [-0.1, -0.05) is 11.6 Å². The van der Waals surface area contributed by atoms with E-state index in [0.29, 0.717) is 16.6 Å². The summed E-state index contributed by atoms with van der Waals surface area (Å²) in [6.45, 7) is 1.95. The Balaban J connectivity index is 2.00. The van der Waals surface area contributed by atoms with Crippen molar-refractivity contribution in [3.8, 4) is 6.07 Å². The highest BCUT2D eigenvalue weighted by Gasteiger charge is 2.13. The molecule has 1 aliphatic rings. The van der Waals surface area contributed by atoms with Crippen molar-refractivity contribution in [3.63, 3.8) is 0 Å². The Labute approximate surface area is 100 Å². The monoisotopic (exact) mass is 235 g/mol. The number of benzene rings is 1. The number of rotatable bonds is 3. The van der Waals surface area contributed by atoms with Crippen LogP contribution in [0.15, 0.2) is 18.2 Å². The smallest absolute Gasteiger partial charge is 0.101 e. The van der Waals surface area contributed by atoms with Crippen LogP contribution < -0.4 is 10.6 Å². The molecule has 0 radical (unpaired) electrons. The SMILES string of the molecule is N#Cc1cc(Cl)ccc1NCC1CCCN1. The first kappa shape index (κ1) is 11.3. The molecule has 1 heterocycles. The van der Waals surface area contributed by atoms with Crippen LogP contribution in [0.25, 0.3) is 0 Å². The fourth-order valence-electron chi connectivity index (χ4n) is 1.93. The summed E-state index contributed by atoms with van der Waals surface area (Å²) in [7, 11) is 0. The van der Waals surface area contributed by atoms with E-state index in [1.807, 2.05) is 6.07 Å². The number of anilines is 1. The molecule has 84 valence electrons. The maximum absolute atomic E-state index is 8.97. The first-order valence-electron chi connectivity index (χ1n) is 5.46. The van der Waals surface area contributed by atoms with Crippen LogP contribution in [0.1, 0.15) is 18.4 Å². The summed E-state index contributed by atoms with van der Waals surface area (Å²) in [4.78, 5) is 0. The number of hydrogen-bond donors (Lipinski definition) is 2. The molecule has 2 rings (SSSR count). The highest BCUT2D eigenvalue weighted by Crippen LogP contribution is 2.20. The van der Waals surface area contributed by atoms with E-state index in [1.165, 1.54) is 12.8 Å². The van der Waals surface area contributed by atoms with Crippen LogP contribution in [-0.2, 0) is 0 Å². The summed E-state index contributed by atoms with van der Waals surface area (Å²) in [5, 5.41) is 16.3. The van der Waals surface area contributed by atoms with Gasteiger partial charge in [0.05, 0.1) is 11.3 Å². The first-order valence-corrected chi connectivity index (χ1v) is 5.84. The van der Waals surface area contributed by atoms with Crippen molar-refractivity contribution >= 4 is 17.3 Å². The lowest BCUT2D eigenvalue weighted by Gasteiger charge is -2.13. The molecule has 16 heavy (non-hydrogen) atoms. The zero-order chi connectivity index (χ0) is 11.4. The summed E-state index contributed by atoms with van der Waals surface area (Å²) < 4.78 is 0. The summed E-state index contributed by atoms with van der Waals surface area (Å²) in [6, 6.07) is 8.00. The van der Waals surface area contributed by atoms with Gasteiger partial charge < -0.3 is 10.6 Å². The molecular formula is C12H14ClN3. The molecule has 1 fully saturated rings. The molecule has 0 bridgehead atoms. The Morgan fingerprint density at radius 2 is 2.44 bits per heavy atom. The van der Waals surface area contributed by atoms with Crippen molar-refractivity contribution < 1.29 is 0 Å². The second-order valence-corrected chi connectivity index (χ2v) is 4.41. The largest absolute Gasteiger partial charge is 0.382 e.